The molecule has 0 aromatic carbocycles. The van der Waals surface area contributed by atoms with Crippen LogP contribution in [0.4, 0.5) is 0 Å². The van der Waals surface area contributed by atoms with E-state index in [1.807, 2.05) is 18.2 Å². The lowest BCUT2D eigenvalue weighted by atomic mass is 10.1. The zero-order chi connectivity index (χ0) is 20.8. The second-order valence-electron chi connectivity index (χ2n) is 6.98. The number of fused-ring (bicyclic) bond motifs is 2. The van der Waals surface area contributed by atoms with E-state index >= 15 is 0 Å². The summed E-state index contributed by atoms with van der Waals surface area (Å²) in [7, 11) is 1.61. The fourth-order valence-electron chi connectivity index (χ4n) is 3.60. The van der Waals surface area contributed by atoms with Crippen LogP contribution in [-0.2, 0) is 0 Å². The molecule has 0 saturated heterocycles. The number of methoxy groups -OCH3 is 1. The first-order valence-corrected chi connectivity index (χ1v) is 9.50. The minimum atomic E-state index is 0.639. The third kappa shape index (κ3) is 2.83. The lowest BCUT2D eigenvalue weighted by Crippen LogP contribution is -1.89. The number of hydrogen-bond acceptors (Lipinski definition) is 7. The van der Waals surface area contributed by atoms with E-state index in [2.05, 4.69) is 30.1 Å². The van der Waals surface area contributed by atoms with Crippen molar-refractivity contribution in [2.75, 3.05) is 7.11 Å². The molecule has 0 aliphatic carbocycles. The number of nitrogens with zero attached hydrogens (tertiary/aromatic N) is 5. The highest BCUT2D eigenvalue weighted by atomic mass is 16.5. The fourth-order valence-corrected chi connectivity index (χ4v) is 3.60. The number of pyridine rings is 3. The first-order valence-electron chi connectivity index (χ1n) is 9.50. The monoisotopic (exact) mass is 409 g/mol. The van der Waals surface area contributed by atoms with E-state index in [0.717, 1.165) is 44.3 Å². The Balaban J connectivity index is 1.50. The van der Waals surface area contributed by atoms with Crippen molar-refractivity contribution in [2.45, 2.75) is 0 Å². The van der Waals surface area contributed by atoms with E-state index in [1.165, 1.54) is 0 Å². The van der Waals surface area contributed by atoms with Crippen molar-refractivity contribution in [3.8, 4) is 39.7 Å². The Morgan fingerprint density at radius 1 is 0.968 bits per heavy atom. The molecule has 2 N–H and O–H groups in total. The first kappa shape index (κ1) is 17.3. The molecule has 0 unspecified atom stereocenters. The van der Waals surface area contributed by atoms with Crippen molar-refractivity contribution in [1.82, 2.24) is 35.1 Å². The zero-order valence-electron chi connectivity index (χ0n) is 16.3. The smallest absolute Gasteiger partial charge is 0.159 e. The van der Waals surface area contributed by atoms with Crippen LogP contribution in [0, 0.1) is 0 Å². The molecule has 0 spiro atoms. The van der Waals surface area contributed by atoms with Gasteiger partial charge in [-0.25, -0.2) is 4.98 Å². The van der Waals surface area contributed by atoms with Gasteiger partial charge in [-0.2, -0.15) is 5.10 Å². The average molecular weight is 409 g/mol. The van der Waals surface area contributed by atoms with E-state index < -0.39 is 0 Å². The Labute approximate surface area is 175 Å². The van der Waals surface area contributed by atoms with Crippen molar-refractivity contribution in [3.63, 3.8) is 0 Å². The van der Waals surface area contributed by atoms with Crippen LogP contribution in [0.3, 0.4) is 0 Å². The topological polar surface area (TPSA) is 118 Å². The van der Waals surface area contributed by atoms with Crippen LogP contribution in [-0.4, -0.2) is 42.2 Å². The molecular weight excluding hydrogens is 394 g/mol. The molecule has 9 heteroatoms. The van der Waals surface area contributed by atoms with E-state index in [9.17, 15) is 0 Å². The Kier molecular flexibility index (Phi) is 3.79. The van der Waals surface area contributed by atoms with Gasteiger partial charge in [0.05, 0.1) is 55.0 Å². The SMILES string of the molecule is COc1cncc(-c2cc3c(-c4nc5c(-c6ccoc6)cncc5[nH]4)n[nH]c3cn2)c1. The summed E-state index contributed by atoms with van der Waals surface area (Å²) in [6, 6.07) is 5.74. The summed E-state index contributed by atoms with van der Waals surface area (Å²) in [6.07, 6.45) is 12.0. The second-order valence-corrected chi connectivity index (χ2v) is 6.98. The van der Waals surface area contributed by atoms with Crippen LogP contribution in [0.2, 0.25) is 0 Å². The number of furan rings is 1. The van der Waals surface area contributed by atoms with Gasteiger partial charge in [0.1, 0.15) is 17.0 Å². The lowest BCUT2D eigenvalue weighted by molar-refractivity contribution is 0.413. The molecular formula is C22H15N7O2. The molecule has 6 aromatic heterocycles. The van der Waals surface area contributed by atoms with Crippen molar-refractivity contribution >= 4 is 21.9 Å². The fraction of sp³-hybridized carbons (Fsp3) is 0.0455. The summed E-state index contributed by atoms with van der Waals surface area (Å²) in [5.74, 6) is 1.31. The first-order chi connectivity index (χ1) is 15.3. The van der Waals surface area contributed by atoms with Crippen LogP contribution < -0.4 is 4.74 Å². The maximum atomic E-state index is 5.28. The van der Waals surface area contributed by atoms with E-state index in [1.54, 1.807) is 50.6 Å². The predicted molar refractivity (Wildman–Crippen MR) is 114 cm³/mol. The highest BCUT2D eigenvalue weighted by molar-refractivity contribution is 5.97. The lowest BCUT2D eigenvalue weighted by Gasteiger charge is -2.03. The van der Waals surface area contributed by atoms with Crippen LogP contribution in [0.15, 0.2) is 66.1 Å². The molecule has 0 bridgehead atoms. The molecule has 0 atom stereocenters. The van der Waals surface area contributed by atoms with Crippen molar-refractivity contribution in [2.24, 2.45) is 0 Å². The minimum absolute atomic E-state index is 0.639. The zero-order valence-corrected chi connectivity index (χ0v) is 16.3. The predicted octanol–water partition coefficient (Wildman–Crippen LogP) is 4.23. The Morgan fingerprint density at radius 3 is 2.77 bits per heavy atom. The molecule has 0 saturated carbocycles. The van der Waals surface area contributed by atoms with Gasteiger partial charge in [0.25, 0.3) is 0 Å². The van der Waals surface area contributed by atoms with Gasteiger partial charge in [0.2, 0.25) is 0 Å². The third-order valence-corrected chi connectivity index (χ3v) is 5.14. The summed E-state index contributed by atoms with van der Waals surface area (Å²) in [5, 5.41) is 8.41. The van der Waals surface area contributed by atoms with Crippen LogP contribution in [0.25, 0.3) is 55.8 Å². The van der Waals surface area contributed by atoms with Crippen molar-refractivity contribution < 1.29 is 9.15 Å². The number of aromatic nitrogens is 7. The molecule has 9 nitrogen and oxygen atoms in total. The number of imidazole rings is 1. The number of ether oxygens (including phenoxy) is 1. The quantitative estimate of drug-likeness (QED) is 0.447. The van der Waals surface area contributed by atoms with Crippen molar-refractivity contribution in [3.05, 3.63) is 61.7 Å². The van der Waals surface area contributed by atoms with Gasteiger partial charge in [0.15, 0.2) is 5.82 Å². The second kappa shape index (κ2) is 6.77. The highest BCUT2D eigenvalue weighted by Crippen LogP contribution is 2.32. The molecule has 0 radical (unpaired) electrons. The highest BCUT2D eigenvalue weighted by Gasteiger charge is 2.17. The van der Waals surface area contributed by atoms with E-state index in [0.29, 0.717) is 17.3 Å². The summed E-state index contributed by atoms with van der Waals surface area (Å²) in [6.45, 7) is 0. The van der Waals surface area contributed by atoms with E-state index in [4.69, 9.17) is 14.1 Å². The maximum Gasteiger partial charge on any atom is 0.159 e. The number of hydrogen-bond donors (Lipinski definition) is 2. The van der Waals surface area contributed by atoms with Crippen LogP contribution in [0.5, 0.6) is 5.75 Å². The summed E-state index contributed by atoms with van der Waals surface area (Å²) >= 11 is 0. The summed E-state index contributed by atoms with van der Waals surface area (Å²) in [5.41, 5.74) is 6.54. The molecule has 31 heavy (non-hydrogen) atoms. The molecule has 0 amide bonds. The number of H-pyrrole nitrogens is 2. The van der Waals surface area contributed by atoms with Gasteiger partial charge < -0.3 is 14.1 Å². The standard InChI is InChI=1S/C22H15N7O2/c1-30-14-4-13(6-23-7-14)17-5-15-18(10-25-17)28-29-21(15)22-26-19-9-24-8-16(20(19)27-22)12-2-3-31-11-12/h2-11H,1H3,(H,26,27)(H,28,29). The van der Waals surface area contributed by atoms with Gasteiger partial charge in [-0.3, -0.25) is 20.1 Å². The summed E-state index contributed by atoms with van der Waals surface area (Å²) in [4.78, 5) is 21.2. The number of rotatable bonds is 4. The van der Waals surface area contributed by atoms with Gasteiger partial charge >= 0.3 is 0 Å². The molecule has 0 aliphatic heterocycles. The third-order valence-electron chi connectivity index (χ3n) is 5.14. The summed E-state index contributed by atoms with van der Waals surface area (Å²) < 4.78 is 10.5. The molecule has 0 aliphatic rings. The van der Waals surface area contributed by atoms with Crippen LogP contribution >= 0.6 is 0 Å². The average Bonchev–Trinajstić information content (AvgIpc) is 3.57. The van der Waals surface area contributed by atoms with Gasteiger partial charge in [-0.1, -0.05) is 0 Å². The number of aromatic amines is 2. The minimum Gasteiger partial charge on any atom is -0.495 e. The van der Waals surface area contributed by atoms with Gasteiger partial charge in [-0.15, -0.1) is 0 Å². The Bertz CT molecular complexity index is 1530. The van der Waals surface area contributed by atoms with Crippen molar-refractivity contribution in [1.29, 1.82) is 0 Å². The van der Waals surface area contributed by atoms with Crippen LogP contribution in [0.1, 0.15) is 0 Å². The van der Waals surface area contributed by atoms with Gasteiger partial charge in [0, 0.05) is 34.5 Å². The largest absolute Gasteiger partial charge is 0.495 e. The number of nitrogens with one attached hydrogen (secondary N) is 2. The van der Waals surface area contributed by atoms with E-state index in [-0.39, 0.29) is 0 Å². The molecule has 6 rings (SSSR count). The Morgan fingerprint density at radius 2 is 1.90 bits per heavy atom. The Hall–Kier alpha value is -4.53. The molecule has 6 aromatic rings. The maximum absolute atomic E-state index is 5.28. The van der Waals surface area contributed by atoms with Gasteiger partial charge in [-0.05, 0) is 18.2 Å². The molecule has 6 heterocycles. The normalized spacial score (nSPS) is 11.4. The molecule has 0 fully saturated rings. The molecule has 150 valence electrons.